The molecule has 5 aromatic carbocycles. The van der Waals surface area contributed by atoms with E-state index in [9.17, 15) is 10.1 Å². The van der Waals surface area contributed by atoms with E-state index in [1.54, 1.807) is 12.1 Å². The molecule has 7 rings (SSSR count). The molecule has 0 aliphatic carbocycles. The molecule has 0 N–H and O–H groups in total. The van der Waals surface area contributed by atoms with Gasteiger partial charge in [0.25, 0.3) is 5.69 Å². The van der Waals surface area contributed by atoms with Crippen molar-refractivity contribution in [2.45, 2.75) is 38.5 Å². The molecule has 6 nitrogen and oxygen atoms in total. The fraction of sp³-hybridized carbons (Fsp3) is 0.167. The molecule has 48 heavy (non-hydrogen) atoms. The molecule has 238 valence electrons. The second-order valence-corrected chi connectivity index (χ2v) is 13.4. The van der Waals surface area contributed by atoms with E-state index in [1.165, 1.54) is 16.9 Å². The van der Waals surface area contributed by atoms with Crippen LogP contribution in [0.4, 0.5) is 39.8 Å². The van der Waals surface area contributed by atoms with Crippen LogP contribution in [0, 0.1) is 10.1 Å². The number of allylic oxidation sites excluding steroid dienone is 4. The van der Waals surface area contributed by atoms with E-state index in [2.05, 4.69) is 140 Å². The zero-order chi connectivity index (χ0) is 33.6. The number of nitro benzene ring substituents is 1. The van der Waals surface area contributed by atoms with E-state index in [0.29, 0.717) is 0 Å². The summed E-state index contributed by atoms with van der Waals surface area (Å²) in [4.78, 5) is 16.0. The average Bonchev–Trinajstić information content (AvgIpc) is 3.44. The van der Waals surface area contributed by atoms with Crippen molar-refractivity contribution >= 4 is 45.5 Å². The first-order chi connectivity index (χ1) is 23.1. The summed E-state index contributed by atoms with van der Waals surface area (Å²) in [6.07, 6.45) is 6.50. The number of nitro groups is 1. The number of nitrogens with zero attached hydrogens (tertiary/aromatic N) is 4. The van der Waals surface area contributed by atoms with Crippen molar-refractivity contribution in [1.82, 2.24) is 4.58 Å². The van der Waals surface area contributed by atoms with Gasteiger partial charge in [0.2, 0.25) is 11.4 Å². The van der Waals surface area contributed by atoms with Crippen LogP contribution in [0.1, 0.15) is 38.8 Å². The predicted octanol–water partition coefficient (Wildman–Crippen LogP) is 10.5. The van der Waals surface area contributed by atoms with Crippen LogP contribution in [0.5, 0.6) is 0 Å². The summed E-state index contributed by atoms with van der Waals surface area (Å²) >= 11 is 0. The molecule has 0 spiro atoms. The van der Waals surface area contributed by atoms with Crippen molar-refractivity contribution in [3.05, 3.63) is 173 Å². The molecule has 0 unspecified atom stereocenters. The molecule has 0 saturated carbocycles. The fourth-order valence-corrected chi connectivity index (χ4v) is 7.33. The quantitative estimate of drug-likeness (QED) is 0.102. The van der Waals surface area contributed by atoms with Crippen molar-refractivity contribution in [3.63, 3.8) is 0 Å². The molecular formula is C42H39N4O2+. The maximum atomic E-state index is 11.8. The Morgan fingerprint density at radius 1 is 0.708 bits per heavy atom. The Bertz CT molecular complexity index is 2070. The zero-order valence-corrected chi connectivity index (χ0v) is 28.0. The van der Waals surface area contributed by atoms with E-state index in [4.69, 9.17) is 0 Å². The lowest BCUT2D eigenvalue weighted by atomic mass is 9.81. The van der Waals surface area contributed by atoms with Gasteiger partial charge in [-0.2, -0.15) is 4.58 Å². The molecule has 0 atom stereocenters. The van der Waals surface area contributed by atoms with Crippen LogP contribution in [-0.2, 0) is 10.8 Å². The summed E-state index contributed by atoms with van der Waals surface area (Å²) in [6.45, 7) is 8.81. The van der Waals surface area contributed by atoms with Gasteiger partial charge in [-0.1, -0.05) is 74.5 Å². The Balaban J connectivity index is 1.34. The minimum atomic E-state index is -0.491. The van der Waals surface area contributed by atoms with Crippen LogP contribution in [0.3, 0.4) is 0 Å². The highest BCUT2D eigenvalue weighted by molar-refractivity contribution is 6.10. The maximum Gasteiger partial charge on any atom is 0.270 e. The first-order valence-electron chi connectivity index (χ1n) is 16.3. The lowest BCUT2D eigenvalue weighted by Gasteiger charge is -2.25. The number of hydrogen-bond acceptors (Lipinski definition) is 4. The fourth-order valence-electron chi connectivity index (χ4n) is 7.33. The smallest absolute Gasteiger partial charge is 0.270 e. The molecule has 5 aromatic rings. The molecule has 0 aromatic heterocycles. The third-order valence-corrected chi connectivity index (χ3v) is 9.83. The minimum absolute atomic E-state index is 0.0953. The monoisotopic (exact) mass is 631 g/mol. The molecule has 0 bridgehead atoms. The predicted molar refractivity (Wildman–Crippen MR) is 199 cm³/mol. The topological polar surface area (TPSA) is 52.6 Å². The van der Waals surface area contributed by atoms with Crippen LogP contribution in [0.15, 0.2) is 151 Å². The number of hydrogen-bond donors (Lipinski definition) is 0. The summed E-state index contributed by atoms with van der Waals surface area (Å²) in [6, 6.07) is 43.0. The molecule has 0 amide bonds. The number of likely N-dealkylation sites (N-methyl/N-ethyl adjacent to an activating group) is 1. The zero-order valence-electron chi connectivity index (χ0n) is 28.0. The van der Waals surface area contributed by atoms with Crippen molar-refractivity contribution < 1.29 is 4.92 Å². The number of non-ortho nitro benzene ring substituents is 1. The van der Waals surface area contributed by atoms with Crippen LogP contribution in [0.2, 0.25) is 0 Å². The molecule has 2 aliphatic rings. The molecular weight excluding hydrogens is 592 g/mol. The van der Waals surface area contributed by atoms with Gasteiger partial charge in [-0.05, 0) is 68.0 Å². The van der Waals surface area contributed by atoms with Gasteiger partial charge in [0.15, 0.2) is 5.71 Å². The van der Waals surface area contributed by atoms with Gasteiger partial charge in [-0.3, -0.25) is 10.1 Å². The van der Waals surface area contributed by atoms with Gasteiger partial charge in [0.05, 0.1) is 10.3 Å². The summed E-state index contributed by atoms with van der Waals surface area (Å²) < 4.78 is 2.24. The van der Waals surface area contributed by atoms with Gasteiger partial charge < -0.3 is 9.80 Å². The van der Waals surface area contributed by atoms with Gasteiger partial charge in [0, 0.05) is 82.9 Å². The Kier molecular flexibility index (Phi) is 7.59. The molecule has 6 heteroatoms. The standard InChI is InChI=1S/C42H39N4O2/c1-41(2)35-19-12-13-20-37(35)43(5)39(41)21-14-22-40-42(3,4)36-29-34(46(47)48)27-28-38(36)45(40)33-25-23-32(24-26-33)44(30-15-8-6-9-16-30)31-17-10-7-11-18-31/h6-29H,1-5H3/q+1. The highest BCUT2D eigenvalue weighted by Gasteiger charge is 2.46. The first kappa shape index (κ1) is 30.9. The van der Waals surface area contributed by atoms with Crippen LogP contribution in [-0.4, -0.2) is 17.7 Å². The summed E-state index contributed by atoms with van der Waals surface area (Å²) in [5.74, 6) is 0. The second-order valence-electron chi connectivity index (χ2n) is 13.4. The van der Waals surface area contributed by atoms with Crippen LogP contribution in [0.25, 0.3) is 0 Å². The van der Waals surface area contributed by atoms with Crippen molar-refractivity contribution in [1.29, 1.82) is 0 Å². The number of anilines is 4. The van der Waals surface area contributed by atoms with E-state index in [0.717, 1.165) is 39.7 Å². The molecule has 0 fully saturated rings. The molecule has 2 aliphatic heterocycles. The van der Waals surface area contributed by atoms with Crippen molar-refractivity contribution in [2.24, 2.45) is 0 Å². The summed E-state index contributed by atoms with van der Waals surface area (Å²) in [5, 5.41) is 11.8. The third kappa shape index (κ3) is 5.10. The van der Waals surface area contributed by atoms with Gasteiger partial charge >= 0.3 is 0 Å². The third-order valence-electron chi connectivity index (χ3n) is 9.83. The van der Waals surface area contributed by atoms with Gasteiger partial charge in [-0.15, -0.1) is 0 Å². The second kappa shape index (κ2) is 11.8. The van der Waals surface area contributed by atoms with Crippen LogP contribution < -0.4 is 14.4 Å². The lowest BCUT2D eigenvalue weighted by Crippen LogP contribution is -2.27. The number of fused-ring (bicyclic) bond motifs is 2. The van der Waals surface area contributed by atoms with Gasteiger partial charge in [0.1, 0.15) is 0 Å². The maximum absolute atomic E-state index is 11.8. The first-order valence-corrected chi connectivity index (χ1v) is 16.3. The Hall–Kier alpha value is -5.75. The van der Waals surface area contributed by atoms with E-state index in [1.807, 2.05) is 42.5 Å². The summed E-state index contributed by atoms with van der Waals surface area (Å²) in [7, 11) is 2.12. The van der Waals surface area contributed by atoms with Gasteiger partial charge in [-0.25, -0.2) is 0 Å². The Morgan fingerprint density at radius 2 is 1.29 bits per heavy atom. The SMILES string of the molecule is CN1/C(=C/C=C/C2=[N+](c3ccc(N(c4ccccc4)c4ccccc4)cc3)c3ccc([N+](=O)[O-])cc3C2(C)C)C(C)(C)c2ccccc21. The number of para-hydroxylation sites is 3. The highest BCUT2D eigenvalue weighted by Crippen LogP contribution is 2.47. The lowest BCUT2D eigenvalue weighted by molar-refractivity contribution is -0.384. The van der Waals surface area contributed by atoms with E-state index >= 15 is 0 Å². The molecule has 2 heterocycles. The van der Waals surface area contributed by atoms with E-state index in [-0.39, 0.29) is 16.0 Å². The van der Waals surface area contributed by atoms with Crippen molar-refractivity contribution in [2.75, 3.05) is 16.8 Å². The normalized spacial score (nSPS) is 16.8. The summed E-state index contributed by atoms with van der Waals surface area (Å²) in [5.41, 5.74) is 10.3. The van der Waals surface area contributed by atoms with Crippen LogP contribution >= 0.6 is 0 Å². The minimum Gasteiger partial charge on any atom is -0.347 e. The Morgan fingerprint density at radius 3 is 1.90 bits per heavy atom. The number of rotatable bonds is 7. The number of benzene rings is 5. The van der Waals surface area contributed by atoms with E-state index < -0.39 is 5.41 Å². The molecule has 0 radical (unpaired) electrons. The average molecular weight is 632 g/mol. The Labute approximate surface area is 282 Å². The highest BCUT2D eigenvalue weighted by atomic mass is 16.6. The largest absolute Gasteiger partial charge is 0.347 e. The molecule has 0 saturated heterocycles. The van der Waals surface area contributed by atoms with Crippen molar-refractivity contribution in [3.8, 4) is 0 Å².